The Morgan fingerprint density at radius 2 is 1.95 bits per heavy atom. The highest BCUT2D eigenvalue weighted by Gasteiger charge is 2.41. The fraction of sp³-hybridized carbons (Fsp3) is 0.467. The number of hydrogen-bond donors (Lipinski definition) is 2. The maximum absolute atomic E-state index is 12.1. The predicted molar refractivity (Wildman–Crippen MR) is 79.0 cm³/mol. The molecule has 0 aromatic heterocycles. The van der Waals surface area contributed by atoms with Crippen LogP contribution in [-0.2, 0) is 0 Å². The molecule has 1 aliphatic rings. The highest BCUT2D eigenvalue weighted by molar-refractivity contribution is 5.98. The summed E-state index contributed by atoms with van der Waals surface area (Å²) < 4.78 is 0. The minimum Gasteiger partial charge on any atom is -0.478 e. The van der Waals surface area contributed by atoms with Gasteiger partial charge in [0.15, 0.2) is 0 Å². The summed E-state index contributed by atoms with van der Waals surface area (Å²) in [6.45, 7) is 2.60. The molecule has 1 fully saturated rings. The van der Waals surface area contributed by atoms with Crippen molar-refractivity contribution in [2.75, 3.05) is 6.54 Å². The Bertz CT molecular complexity index is 590. The third-order valence-electron chi connectivity index (χ3n) is 4.00. The van der Waals surface area contributed by atoms with Crippen LogP contribution in [0.5, 0.6) is 0 Å². The van der Waals surface area contributed by atoms with Gasteiger partial charge in [0.1, 0.15) is 0 Å². The molecule has 0 aliphatic heterocycles. The van der Waals surface area contributed by atoms with Crippen molar-refractivity contribution in [2.45, 2.75) is 32.6 Å². The van der Waals surface area contributed by atoms with E-state index in [1.807, 2.05) is 0 Å². The number of carboxylic acid groups (broad SMARTS) is 1. The molecule has 0 saturated heterocycles. The van der Waals surface area contributed by atoms with Crippen molar-refractivity contribution in [3.63, 3.8) is 0 Å². The second-order valence-corrected chi connectivity index (χ2v) is 5.76. The van der Waals surface area contributed by atoms with E-state index >= 15 is 0 Å². The van der Waals surface area contributed by atoms with Crippen LogP contribution in [0.25, 0.3) is 0 Å². The topological polar surface area (TPSA) is 110 Å². The summed E-state index contributed by atoms with van der Waals surface area (Å²) in [5, 5.41) is 22.6. The van der Waals surface area contributed by atoms with Crippen LogP contribution in [0.1, 0.15) is 53.3 Å². The highest BCUT2D eigenvalue weighted by atomic mass is 16.6. The second-order valence-electron chi connectivity index (χ2n) is 5.76. The third-order valence-corrected chi connectivity index (χ3v) is 4.00. The number of nitro benzene ring substituents is 1. The Hall–Kier alpha value is -2.44. The molecule has 22 heavy (non-hydrogen) atoms. The van der Waals surface area contributed by atoms with Crippen molar-refractivity contribution in [2.24, 2.45) is 5.41 Å². The van der Waals surface area contributed by atoms with E-state index in [4.69, 9.17) is 5.11 Å². The fourth-order valence-electron chi connectivity index (χ4n) is 2.56. The number of nitro groups is 1. The van der Waals surface area contributed by atoms with E-state index in [1.54, 1.807) is 0 Å². The zero-order chi connectivity index (χ0) is 16.3. The Labute approximate surface area is 127 Å². The monoisotopic (exact) mass is 306 g/mol. The van der Waals surface area contributed by atoms with Gasteiger partial charge in [-0.3, -0.25) is 14.9 Å². The number of amides is 1. The van der Waals surface area contributed by atoms with E-state index in [2.05, 4.69) is 12.2 Å². The van der Waals surface area contributed by atoms with Gasteiger partial charge in [0.25, 0.3) is 11.6 Å². The lowest BCUT2D eigenvalue weighted by atomic mass is 10.0. The van der Waals surface area contributed by atoms with Crippen molar-refractivity contribution in [3.05, 3.63) is 39.4 Å². The third kappa shape index (κ3) is 3.60. The van der Waals surface area contributed by atoms with E-state index in [0.717, 1.165) is 43.9 Å². The summed E-state index contributed by atoms with van der Waals surface area (Å²) in [4.78, 5) is 33.3. The largest absolute Gasteiger partial charge is 0.478 e. The van der Waals surface area contributed by atoms with Crippen molar-refractivity contribution >= 4 is 17.6 Å². The average Bonchev–Trinajstić information content (AvgIpc) is 3.24. The van der Waals surface area contributed by atoms with Gasteiger partial charge in [0.05, 0.1) is 10.5 Å². The van der Waals surface area contributed by atoms with Gasteiger partial charge in [-0.15, -0.1) is 0 Å². The summed E-state index contributed by atoms with van der Waals surface area (Å²) >= 11 is 0. The molecule has 7 nitrogen and oxygen atoms in total. The van der Waals surface area contributed by atoms with Crippen LogP contribution in [0.4, 0.5) is 5.69 Å². The minimum atomic E-state index is -1.30. The molecule has 1 saturated carbocycles. The van der Waals surface area contributed by atoms with Crippen LogP contribution in [0.2, 0.25) is 0 Å². The predicted octanol–water partition coefficient (Wildman–Crippen LogP) is 2.60. The molecule has 0 radical (unpaired) electrons. The molecular formula is C15H18N2O5. The summed E-state index contributed by atoms with van der Waals surface area (Å²) in [6.07, 6.45) is 4.20. The van der Waals surface area contributed by atoms with E-state index in [1.165, 1.54) is 0 Å². The normalized spacial score (nSPS) is 15.1. The molecule has 0 spiro atoms. The van der Waals surface area contributed by atoms with Gasteiger partial charge in [-0.05, 0) is 30.7 Å². The SMILES string of the molecule is CCCC1(CNC(=O)c2cc(C(=O)O)cc([N+](=O)[O-])c2)CC1. The minimum absolute atomic E-state index is 0.00102. The van der Waals surface area contributed by atoms with E-state index < -0.39 is 22.5 Å². The van der Waals surface area contributed by atoms with Crippen molar-refractivity contribution in [1.82, 2.24) is 5.32 Å². The number of aromatic carboxylic acids is 1. The average molecular weight is 306 g/mol. The lowest BCUT2D eigenvalue weighted by molar-refractivity contribution is -0.384. The van der Waals surface area contributed by atoms with Crippen LogP contribution >= 0.6 is 0 Å². The van der Waals surface area contributed by atoms with Gasteiger partial charge in [-0.25, -0.2) is 4.79 Å². The zero-order valence-corrected chi connectivity index (χ0v) is 12.3. The first-order chi connectivity index (χ1) is 10.4. The number of benzene rings is 1. The number of rotatable bonds is 7. The smallest absolute Gasteiger partial charge is 0.335 e. The van der Waals surface area contributed by atoms with Crippen LogP contribution in [0.3, 0.4) is 0 Å². The number of non-ortho nitro benzene ring substituents is 1. The summed E-state index contributed by atoms with van der Waals surface area (Å²) in [7, 11) is 0. The quantitative estimate of drug-likeness (QED) is 0.594. The lowest BCUT2D eigenvalue weighted by Crippen LogP contribution is -2.30. The first-order valence-electron chi connectivity index (χ1n) is 7.18. The molecule has 7 heteroatoms. The Morgan fingerprint density at radius 1 is 1.32 bits per heavy atom. The molecule has 0 unspecified atom stereocenters. The van der Waals surface area contributed by atoms with Crippen LogP contribution in [0, 0.1) is 15.5 Å². The van der Waals surface area contributed by atoms with Crippen LogP contribution in [-0.4, -0.2) is 28.5 Å². The highest BCUT2D eigenvalue weighted by Crippen LogP contribution is 2.48. The number of hydrogen-bond acceptors (Lipinski definition) is 4. The maximum Gasteiger partial charge on any atom is 0.335 e. The Balaban J connectivity index is 2.15. The molecule has 1 aromatic carbocycles. The maximum atomic E-state index is 12.1. The van der Waals surface area contributed by atoms with Crippen molar-refractivity contribution < 1.29 is 19.6 Å². The fourth-order valence-corrected chi connectivity index (χ4v) is 2.56. The van der Waals surface area contributed by atoms with Gasteiger partial charge >= 0.3 is 5.97 Å². The van der Waals surface area contributed by atoms with E-state index in [9.17, 15) is 19.7 Å². The molecule has 0 atom stereocenters. The van der Waals surface area contributed by atoms with E-state index in [-0.39, 0.29) is 16.5 Å². The molecule has 0 heterocycles. The molecule has 2 rings (SSSR count). The molecule has 1 aliphatic carbocycles. The van der Waals surface area contributed by atoms with E-state index in [0.29, 0.717) is 6.54 Å². The zero-order valence-electron chi connectivity index (χ0n) is 12.3. The second kappa shape index (κ2) is 6.13. The molecule has 0 bridgehead atoms. The lowest BCUT2D eigenvalue weighted by Gasteiger charge is -2.15. The molecule has 1 aromatic rings. The summed E-state index contributed by atoms with van der Waals surface area (Å²) in [6, 6.07) is 3.20. The first-order valence-corrected chi connectivity index (χ1v) is 7.18. The number of carbonyl (C=O) groups is 2. The first kappa shape index (κ1) is 15.9. The Morgan fingerprint density at radius 3 is 2.45 bits per heavy atom. The molecule has 118 valence electrons. The summed E-state index contributed by atoms with van der Waals surface area (Å²) in [5.41, 5.74) is -0.520. The van der Waals surface area contributed by atoms with Crippen molar-refractivity contribution in [1.29, 1.82) is 0 Å². The van der Waals surface area contributed by atoms with Gasteiger partial charge < -0.3 is 10.4 Å². The number of carboxylic acids is 1. The van der Waals surface area contributed by atoms with Gasteiger partial charge in [-0.1, -0.05) is 13.3 Å². The standard InChI is InChI=1S/C15H18N2O5/c1-2-3-15(4-5-15)9-16-13(18)10-6-11(14(19)20)8-12(7-10)17(21)22/h6-8H,2-5,9H2,1H3,(H,16,18)(H,19,20). The molecular weight excluding hydrogens is 288 g/mol. The molecule has 2 N–H and O–H groups in total. The number of nitrogens with zero attached hydrogens (tertiary/aromatic N) is 1. The van der Waals surface area contributed by atoms with Crippen molar-refractivity contribution in [3.8, 4) is 0 Å². The van der Waals surface area contributed by atoms with Gasteiger partial charge in [0, 0.05) is 24.2 Å². The summed E-state index contributed by atoms with van der Waals surface area (Å²) in [5.74, 6) is -1.78. The number of nitrogens with one attached hydrogen (secondary N) is 1. The van der Waals surface area contributed by atoms with Gasteiger partial charge in [0.2, 0.25) is 0 Å². The number of carbonyl (C=O) groups excluding carboxylic acids is 1. The van der Waals surface area contributed by atoms with Crippen LogP contribution < -0.4 is 5.32 Å². The van der Waals surface area contributed by atoms with Gasteiger partial charge in [-0.2, -0.15) is 0 Å². The molecule has 1 amide bonds. The van der Waals surface area contributed by atoms with Crippen LogP contribution in [0.15, 0.2) is 18.2 Å². The Kier molecular flexibility index (Phi) is 4.44.